The second kappa shape index (κ2) is 6.95. The molecule has 2 N–H and O–H groups in total. The van der Waals surface area contributed by atoms with E-state index in [1.165, 1.54) is 5.57 Å². The summed E-state index contributed by atoms with van der Waals surface area (Å²) in [6, 6.07) is 1.80. The Morgan fingerprint density at radius 2 is 2.16 bits per heavy atom. The lowest BCUT2D eigenvalue weighted by molar-refractivity contribution is 0.0692. The number of rotatable bonds is 5. The molecule has 1 aromatic rings. The second-order valence-electron chi connectivity index (χ2n) is 7.19. The Balaban J connectivity index is 2.12. The van der Waals surface area contributed by atoms with Crippen LogP contribution >= 0.6 is 0 Å². The smallest absolute Gasteiger partial charge is 0.339 e. The minimum Gasteiger partial charge on any atom is -0.507 e. The highest BCUT2D eigenvalue weighted by molar-refractivity contribution is 5.94. The second-order valence-corrected chi connectivity index (χ2v) is 7.19. The van der Waals surface area contributed by atoms with Gasteiger partial charge in [-0.1, -0.05) is 38.0 Å². The standard InChI is InChI=1S/C21H26O4/c1-4-5-6-7-14-11-17-19(20(22)18(14)21(23)24)16-10-12(2)8-9-15(16)13(3)25-17/h10-11,15-16,22H,3-9H2,1-2H3,(H,23,24). The van der Waals surface area contributed by atoms with Crippen molar-refractivity contribution in [1.82, 2.24) is 0 Å². The van der Waals surface area contributed by atoms with E-state index in [0.29, 0.717) is 29.1 Å². The van der Waals surface area contributed by atoms with Crippen molar-refractivity contribution >= 4 is 5.97 Å². The fourth-order valence-corrected chi connectivity index (χ4v) is 4.05. The minimum absolute atomic E-state index is 0.0290. The number of phenols is 1. The number of allylic oxidation sites excluding steroid dienone is 3. The normalized spacial score (nSPS) is 21.8. The molecule has 4 nitrogen and oxygen atoms in total. The van der Waals surface area contributed by atoms with Crippen molar-refractivity contribution in [2.45, 2.75) is 58.3 Å². The number of hydrogen-bond acceptors (Lipinski definition) is 3. The Bertz CT molecular complexity index is 745. The molecule has 0 aromatic heterocycles. The molecule has 4 heteroatoms. The molecule has 25 heavy (non-hydrogen) atoms. The molecule has 0 amide bonds. The van der Waals surface area contributed by atoms with Gasteiger partial charge in [0.2, 0.25) is 0 Å². The summed E-state index contributed by atoms with van der Waals surface area (Å²) in [6.45, 7) is 8.24. The Kier molecular flexibility index (Phi) is 4.89. The summed E-state index contributed by atoms with van der Waals surface area (Å²) < 4.78 is 5.92. The summed E-state index contributed by atoms with van der Waals surface area (Å²) in [7, 11) is 0. The predicted molar refractivity (Wildman–Crippen MR) is 97.3 cm³/mol. The van der Waals surface area contributed by atoms with Crippen molar-refractivity contribution in [3.8, 4) is 11.5 Å². The summed E-state index contributed by atoms with van der Waals surface area (Å²) in [4.78, 5) is 11.8. The van der Waals surface area contributed by atoms with Gasteiger partial charge in [-0.3, -0.25) is 0 Å². The summed E-state index contributed by atoms with van der Waals surface area (Å²) in [5, 5.41) is 20.5. The maximum absolute atomic E-state index is 11.8. The van der Waals surface area contributed by atoms with Crippen molar-refractivity contribution in [3.05, 3.63) is 46.7 Å². The van der Waals surface area contributed by atoms with Crippen LogP contribution in [0.1, 0.15) is 73.4 Å². The minimum atomic E-state index is -1.08. The third-order valence-corrected chi connectivity index (χ3v) is 5.38. The molecule has 0 fully saturated rings. The van der Waals surface area contributed by atoms with Crippen molar-refractivity contribution < 1.29 is 19.7 Å². The molecule has 3 rings (SSSR count). The van der Waals surface area contributed by atoms with E-state index in [1.807, 2.05) is 0 Å². The molecular weight excluding hydrogens is 316 g/mol. The maximum Gasteiger partial charge on any atom is 0.339 e. The van der Waals surface area contributed by atoms with Crippen LogP contribution in [0.3, 0.4) is 0 Å². The van der Waals surface area contributed by atoms with Crippen molar-refractivity contribution in [1.29, 1.82) is 0 Å². The zero-order valence-corrected chi connectivity index (χ0v) is 15.0. The molecule has 2 aliphatic rings. The first-order chi connectivity index (χ1) is 11.9. The summed E-state index contributed by atoms with van der Waals surface area (Å²) in [5.74, 6) is 0.0890. The summed E-state index contributed by atoms with van der Waals surface area (Å²) >= 11 is 0. The van der Waals surface area contributed by atoms with Crippen LogP contribution in [0.2, 0.25) is 0 Å². The number of carboxylic acid groups (broad SMARTS) is 1. The number of benzene rings is 1. The molecule has 1 heterocycles. The maximum atomic E-state index is 11.8. The highest BCUT2D eigenvalue weighted by Gasteiger charge is 2.38. The van der Waals surface area contributed by atoms with Gasteiger partial charge in [-0.05, 0) is 44.2 Å². The fraction of sp³-hybridized carbons (Fsp3) is 0.476. The first-order valence-electron chi connectivity index (χ1n) is 9.10. The molecular formula is C21H26O4. The van der Waals surface area contributed by atoms with Gasteiger partial charge in [0.1, 0.15) is 22.8 Å². The van der Waals surface area contributed by atoms with E-state index in [4.69, 9.17) is 4.74 Å². The van der Waals surface area contributed by atoms with E-state index in [9.17, 15) is 15.0 Å². The lowest BCUT2D eigenvalue weighted by atomic mass is 9.73. The Labute approximate surface area is 148 Å². The first-order valence-corrected chi connectivity index (χ1v) is 9.10. The van der Waals surface area contributed by atoms with Gasteiger partial charge >= 0.3 is 5.97 Å². The van der Waals surface area contributed by atoms with Gasteiger partial charge in [-0.15, -0.1) is 0 Å². The quantitative estimate of drug-likeness (QED) is 0.572. The predicted octanol–water partition coefficient (Wildman–Crippen LogP) is 5.17. The average molecular weight is 342 g/mol. The van der Waals surface area contributed by atoms with Gasteiger partial charge in [-0.25, -0.2) is 4.79 Å². The number of carbonyl (C=O) groups is 1. The van der Waals surface area contributed by atoms with Crippen LogP contribution in [0.4, 0.5) is 0 Å². The Hall–Kier alpha value is -2.23. The Morgan fingerprint density at radius 3 is 2.84 bits per heavy atom. The van der Waals surface area contributed by atoms with E-state index in [1.54, 1.807) is 6.07 Å². The lowest BCUT2D eigenvalue weighted by Crippen LogP contribution is -2.26. The number of aromatic carboxylic acids is 1. The zero-order chi connectivity index (χ0) is 18.1. The highest BCUT2D eigenvalue weighted by atomic mass is 16.5. The molecule has 0 saturated heterocycles. The first kappa shape index (κ1) is 17.6. The lowest BCUT2D eigenvalue weighted by Gasteiger charge is -2.37. The van der Waals surface area contributed by atoms with E-state index in [0.717, 1.165) is 32.1 Å². The van der Waals surface area contributed by atoms with Crippen molar-refractivity contribution in [2.75, 3.05) is 0 Å². The number of ether oxygens (including phenoxy) is 1. The third-order valence-electron chi connectivity index (χ3n) is 5.38. The number of unbranched alkanes of at least 4 members (excludes halogenated alkanes) is 2. The molecule has 1 aliphatic heterocycles. The molecule has 0 saturated carbocycles. The molecule has 1 aliphatic carbocycles. The molecule has 1 aromatic carbocycles. The molecule has 2 atom stereocenters. The van der Waals surface area contributed by atoms with E-state index >= 15 is 0 Å². The zero-order valence-electron chi connectivity index (χ0n) is 15.0. The number of aryl methyl sites for hydroxylation is 1. The molecule has 0 spiro atoms. The Morgan fingerprint density at radius 1 is 1.40 bits per heavy atom. The van der Waals surface area contributed by atoms with Crippen LogP contribution in [0, 0.1) is 5.92 Å². The van der Waals surface area contributed by atoms with Gasteiger partial charge in [0.05, 0.1) is 0 Å². The van der Waals surface area contributed by atoms with Crippen LogP contribution < -0.4 is 4.74 Å². The van der Waals surface area contributed by atoms with E-state index in [-0.39, 0.29) is 23.1 Å². The summed E-state index contributed by atoms with van der Waals surface area (Å²) in [6.07, 6.45) is 7.60. The van der Waals surface area contributed by atoms with Crippen LogP contribution in [0.25, 0.3) is 0 Å². The third kappa shape index (κ3) is 3.17. The van der Waals surface area contributed by atoms with Crippen molar-refractivity contribution in [2.24, 2.45) is 5.92 Å². The van der Waals surface area contributed by atoms with Gasteiger partial charge in [-0.2, -0.15) is 0 Å². The average Bonchev–Trinajstić information content (AvgIpc) is 2.54. The molecule has 0 radical (unpaired) electrons. The van der Waals surface area contributed by atoms with Crippen molar-refractivity contribution in [3.63, 3.8) is 0 Å². The SMILES string of the molecule is C=C1Oc2cc(CCCCC)c(C(=O)O)c(O)c2C2C=C(C)CCC12. The number of fused-ring (bicyclic) bond motifs is 3. The van der Waals surface area contributed by atoms with Crippen LogP contribution in [0.15, 0.2) is 30.1 Å². The van der Waals surface area contributed by atoms with Crippen LogP contribution in [-0.2, 0) is 6.42 Å². The van der Waals surface area contributed by atoms with Crippen LogP contribution in [-0.4, -0.2) is 16.2 Å². The van der Waals surface area contributed by atoms with Gasteiger partial charge in [0.25, 0.3) is 0 Å². The molecule has 134 valence electrons. The number of carboxylic acids is 1. The summed E-state index contributed by atoms with van der Waals surface area (Å²) in [5.41, 5.74) is 2.53. The fourth-order valence-electron chi connectivity index (χ4n) is 4.05. The van der Waals surface area contributed by atoms with Gasteiger partial charge in [0.15, 0.2) is 0 Å². The van der Waals surface area contributed by atoms with Gasteiger partial charge < -0.3 is 14.9 Å². The molecule has 2 unspecified atom stereocenters. The molecule has 0 bridgehead atoms. The number of hydrogen-bond donors (Lipinski definition) is 2. The largest absolute Gasteiger partial charge is 0.507 e. The topological polar surface area (TPSA) is 66.8 Å². The van der Waals surface area contributed by atoms with E-state index in [2.05, 4.69) is 26.5 Å². The van der Waals surface area contributed by atoms with Crippen LogP contribution in [0.5, 0.6) is 11.5 Å². The van der Waals surface area contributed by atoms with Gasteiger partial charge in [0, 0.05) is 17.4 Å². The van der Waals surface area contributed by atoms with E-state index < -0.39 is 5.97 Å². The monoisotopic (exact) mass is 342 g/mol. The number of aromatic hydroxyl groups is 1. The highest BCUT2D eigenvalue weighted by Crippen LogP contribution is 2.52.